The Balaban J connectivity index is 1.15. The summed E-state index contributed by atoms with van der Waals surface area (Å²) in [6.07, 6.45) is 0. The average molecular weight is 529 g/mol. The van der Waals surface area contributed by atoms with Gasteiger partial charge in [0.15, 0.2) is 16.3 Å². The number of nitrogens with one attached hydrogen (secondary N) is 1. The highest BCUT2D eigenvalue weighted by Gasteiger charge is 2.23. The fourth-order valence-corrected chi connectivity index (χ4v) is 5.37. The Morgan fingerprint density at radius 2 is 1.66 bits per heavy atom. The third-order valence-corrected chi connectivity index (χ3v) is 7.61. The smallest absolute Gasteiger partial charge is 0.262 e. The van der Waals surface area contributed by atoms with Crippen molar-refractivity contribution in [3.63, 3.8) is 0 Å². The molecule has 0 bridgehead atoms. The van der Waals surface area contributed by atoms with Crippen molar-refractivity contribution in [3.05, 3.63) is 92.0 Å². The second kappa shape index (κ2) is 9.64. The molecule has 2 aliphatic rings. The number of anilines is 1. The van der Waals surface area contributed by atoms with Gasteiger partial charge in [0.25, 0.3) is 11.5 Å². The highest BCUT2D eigenvalue weighted by molar-refractivity contribution is 7.71. The van der Waals surface area contributed by atoms with E-state index >= 15 is 0 Å². The predicted molar refractivity (Wildman–Crippen MR) is 149 cm³/mol. The fraction of sp³-hybridized carbons (Fsp3) is 0.276. The zero-order valence-corrected chi connectivity index (χ0v) is 22.1. The van der Waals surface area contributed by atoms with Gasteiger partial charge in [-0.05, 0) is 67.0 Å². The summed E-state index contributed by atoms with van der Waals surface area (Å²) >= 11 is 5.48. The molecule has 8 nitrogen and oxygen atoms in total. The minimum absolute atomic E-state index is 0.0217. The third-order valence-electron chi connectivity index (χ3n) is 7.29. The van der Waals surface area contributed by atoms with Crippen LogP contribution >= 0.6 is 12.2 Å². The van der Waals surface area contributed by atoms with Gasteiger partial charge in [-0.15, -0.1) is 0 Å². The lowest BCUT2D eigenvalue weighted by Gasteiger charge is -2.37. The zero-order valence-electron chi connectivity index (χ0n) is 21.3. The quantitative estimate of drug-likeness (QED) is 0.395. The van der Waals surface area contributed by atoms with Gasteiger partial charge in [-0.2, -0.15) is 0 Å². The highest BCUT2D eigenvalue weighted by Crippen LogP contribution is 2.34. The number of aromatic nitrogens is 2. The number of fused-ring (bicyclic) bond motifs is 2. The predicted octanol–water partition coefficient (Wildman–Crippen LogP) is 4.42. The average Bonchev–Trinajstić information content (AvgIpc) is 3.39. The van der Waals surface area contributed by atoms with E-state index in [1.807, 2.05) is 29.2 Å². The van der Waals surface area contributed by atoms with E-state index in [1.54, 1.807) is 12.1 Å². The molecular weight excluding hydrogens is 500 g/mol. The number of hydrogen-bond acceptors (Lipinski definition) is 6. The number of piperazine rings is 1. The van der Waals surface area contributed by atoms with E-state index in [2.05, 4.69) is 41.9 Å². The van der Waals surface area contributed by atoms with Crippen molar-refractivity contribution < 1.29 is 14.3 Å². The lowest BCUT2D eigenvalue weighted by atomic mass is 10.1. The van der Waals surface area contributed by atoms with Crippen LogP contribution in [0.1, 0.15) is 27.0 Å². The van der Waals surface area contributed by atoms with Crippen LogP contribution in [0.2, 0.25) is 0 Å². The van der Waals surface area contributed by atoms with E-state index in [-0.39, 0.29) is 18.3 Å². The monoisotopic (exact) mass is 528 g/mol. The lowest BCUT2D eigenvalue weighted by Crippen LogP contribution is -2.49. The number of H-pyrrole nitrogens is 1. The number of amides is 1. The molecule has 6 rings (SSSR count). The van der Waals surface area contributed by atoms with Gasteiger partial charge in [-0.25, -0.2) is 0 Å². The third kappa shape index (κ3) is 4.43. The molecule has 9 heteroatoms. The Hall–Kier alpha value is -4.11. The first-order chi connectivity index (χ1) is 18.4. The van der Waals surface area contributed by atoms with Gasteiger partial charge in [0.1, 0.15) is 0 Å². The van der Waals surface area contributed by atoms with Gasteiger partial charge < -0.3 is 24.3 Å². The molecule has 0 unspecified atom stereocenters. The molecule has 3 aromatic carbocycles. The molecule has 0 aliphatic carbocycles. The Morgan fingerprint density at radius 3 is 2.39 bits per heavy atom. The molecule has 1 N–H and O–H groups in total. The number of aryl methyl sites for hydroxylation is 2. The fourth-order valence-electron chi connectivity index (χ4n) is 5.11. The van der Waals surface area contributed by atoms with Gasteiger partial charge in [-0.1, -0.05) is 24.3 Å². The van der Waals surface area contributed by atoms with E-state index in [0.717, 1.165) is 18.7 Å². The molecular formula is C29H28N4O4S. The van der Waals surface area contributed by atoms with E-state index in [9.17, 15) is 9.59 Å². The molecule has 38 heavy (non-hydrogen) atoms. The van der Waals surface area contributed by atoms with Crippen molar-refractivity contribution in [2.75, 3.05) is 37.9 Å². The van der Waals surface area contributed by atoms with E-state index in [1.165, 1.54) is 21.4 Å². The molecule has 1 fully saturated rings. The van der Waals surface area contributed by atoms with Crippen molar-refractivity contribution in [3.8, 4) is 11.5 Å². The number of hydrogen-bond donors (Lipinski definition) is 1. The van der Waals surface area contributed by atoms with E-state index in [0.29, 0.717) is 52.4 Å². The summed E-state index contributed by atoms with van der Waals surface area (Å²) in [5.74, 6) is 1.16. The van der Waals surface area contributed by atoms with Crippen molar-refractivity contribution >= 4 is 34.7 Å². The summed E-state index contributed by atoms with van der Waals surface area (Å²) in [6, 6.07) is 17.3. The Kier molecular flexibility index (Phi) is 6.15. The highest BCUT2D eigenvalue weighted by atomic mass is 32.1. The van der Waals surface area contributed by atoms with Crippen molar-refractivity contribution in [2.24, 2.45) is 0 Å². The van der Waals surface area contributed by atoms with Crippen LogP contribution in [0.4, 0.5) is 5.69 Å². The molecule has 3 heterocycles. The molecule has 1 aromatic heterocycles. The van der Waals surface area contributed by atoms with Crippen LogP contribution in [-0.4, -0.2) is 53.3 Å². The van der Waals surface area contributed by atoms with Crippen LogP contribution in [0.3, 0.4) is 0 Å². The van der Waals surface area contributed by atoms with Crippen LogP contribution < -0.4 is 19.9 Å². The Morgan fingerprint density at radius 1 is 0.947 bits per heavy atom. The van der Waals surface area contributed by atoms with Crippen LogP contribution in [-0.2, 0) is 6.54 Å². The number of aromatic amines is 1. The van der Waals surface area contributed by atoms with Crippen molar-refractivity contribution in [1.29, 1.82) is 0 Å². The molecule has 4 aromatic rings. The Labute approximate surface area is 225 Å². The van der Waals surface area contributed by atoms with Gasteiger partial charge in [0.05, 0.1) is 17.4 Å². The van der Waals surface area contributed by atoms with Gasteiger partial charge >= 0.3 is 0 Å². The second-order valence-corrected chi connectivity index (χ2v) is 10.2. The second-order valence-electron chi connectivity index (χ2n) is 9.84. The normalized spacial score (nSPS) is 14.8. The molecule has 1 saturated heterocycles. The standard InChI is InChI=1S/C29H28N4O4S/c1-18-3-4-19(2)24(13-18)31-9-11-32(12-10-31)27(34)21-7-5-20(6-8-21)16-33-28(35)22-14-25-26(37-17-36-25)15-23(22)30-29(33)38/h3-8,13-15H,9-12,16-17H2,1-2H3,(H,30,38). The van der Waals surface area contributed by atoms with Crippen LogP contribution in [0, 0.1) is 18.6 Å². The Bertz CT molecular complexity index is 1670. The minimum Gasteiger partial charge on any atom is -0.454 e. The first-order valence-corrected chi connectivity index (χ1v) is 13.0. The number of nitrogens with zero attached hydrogens (tertiary/aromatic N) is 3. The maximum atomic E-state index is 13.2. The van der Waals surface area contributed by atoms with E-state index in [4.69, 9.17) is 21.7 Å². The lowest BCUT2D eigenvalue weighted by molar-refractivity contribution is 0.0746. The van der Waals surface area contributed by atoms with Gasteiger partial charge in [0.2, 0.25) is 6.79 Å². The van der Waals surface area contributed by atoms with Crippen molar-refractivity contribution in [2.45, 2.75) is 20.4 Å². The molecule has 0 radical (unpaired) electrons. The summed E-state index contributed by atoms with van der Waals surface area (Å²) in [7, 11) is 0. The maximum Gasteiger partial charge on any atom is 0.262 e. The van der Waals surface area contributed by atoms with Crippen LogP contribution in [0.25, 0.3) is 10.9 Å². The van der Waals surface area contributed by atoms with Crippen molar-refractivity contribution in [1.82, 2.24) is 14.5 Å². The topological polar surface area (TPSA) is 79.8 Å². The first-order valence-electron chi connectivity index (χ1n) is 12.6. The summed E-state index contributed by atoms with van der Waals surface area (Å²) < 4.78 is 12.7. The molecule has 0 saturated carbocycles. The van der Waals surface area contributed by atoms with Gasteiger partial charge in [0, 0.05) is 43.5 Å². The zero-order chi connectivity index (χ0) is 26.4. The summed E-state index contributed by atoms with van der Waals surface area (Å²) in [4.78, 5) is 33.8. The number of ether oxygens (including phenoxy) is 2. The molecule has 0 spiro atoms. The van der Waals surface area contributed by atoms with Crippen LogP contribution in [0.5, 0.6) is 11.5 Å². The molecule has 1 amide bonds. The summed E-state index contributed by atoms with van der Waals surface area (Å²) in [5.41, 5.74) is 5.66. The minimum atomic E-state index is -0.205. The van der Waals surface area contributed by atoms with E-state index < -0.39 is 0 Å². The largest absolute Gasteiger partial charge is 0.454 e. The first kappa shape index (κ1) is 24.2. The van der Waals surface area contributed by atoms with Crippen LogP contribution in [0.15, 0.2) is 59.4 Å². The number of carbonyl (C=O) groups is 1. The maximum absolute atomic E-state index is 13.2. The molecule has 194 valence electrons. The molecule has 0 atom stereocenters. The molecule has 2 aliphatic heterocycles. The number of rotatable bonds is 4. The number of benzene rings is 3. The van der Waals surface area contributed by atoms with Gasteiger partial charge in [-0.3, -0.25) is 14.2 Å². The number of carbonyl (C=O) groups excluding carboxylic acids is 1. The summed E-state index contributed by atoms with van der Waals surface area (Å²) in [6.45, 7) is 7.61. The SMILES string of the molecule is Cc1ccc(C)c(N2CCN(C(=O)c3ccc(Cn4c(=S)[nH]c5cc6c(cc5c4=O)OCO6)cc3)CC2)c1. The summed E-state index contributed by atoms with van der Waals surface area (Å²) in [5, 5.41) is 0.481.